The van der Waals surface area contributed by atoms with E-state index in [9.17, 15) is 9.59 Å². The number of amides is 2. The average Bonchev–Trinajstić information content (AvgIpc) is 3.26. The van der Waals surface area contributed by atoms with E-state index >= 15 is 0 Å². The molecule has 0 unspecified atom stereocenters. The molecule has 7 heteroatoms. The Hall–Kier alpha value is -2.73. The van der Waals surface area contributed by atoms with Gasteiger partial charge in [0.05, 0.1) is 0 Å². The van der Waals surface area contributed by atoms with Gasteiger partial charge in [0, 0.05) is 24.5 Å². The fourth-order valence-corrected chi connectivity index (χ4v) is 3.92. The molecule has 172 valence electrons. The van der Waals surface area contributed by atoms with Crippen LogP contribution in [0.3, 0.4) is 0 Å². The lowest BCUT2D eigenvalue weighted by molar-refractivity contribution is -0.141. The SMILES string of the molecule is CCCCNC(=O)[C@H](CC)N(Cc1ccccc1Cl)C(=O)CCc1ccc2c(c1)OCO2. The summed E-state index contributed by atoms with van der Waals surface area (Å²) in [4.78, 5) is 27.9. The second kappa shape index (κ2) is 11.8. The molecule has 1 N–H and O–H groups in total. The normalized spacial score (nSPS) is 13.0. The first-order chi connectivity index (χ1) is 15.5. The van der Waals surface area contributed by atoms with Gasteiger partial charge in [0.25, 0.3) is 0 Å². The summed E-state index contributed by atoms with van der Waals surface area (Å²) < 4.78 is 10.8. The fraction of sp³-hybridized carbons (Fsp3) is 0.440. The van der Waals surface area contributed by atoms with Crippen LogP contribution in [-0.4, -0.2) is 36.1 Å². The van der Waals surface area contributed by atoms with Crippen molar-refractivity contribution in [3.63, 3.8) is 0 Å². The fourth-order valence-electron chi connectivity index (χ4n) is 3.73. The molecule has 0 fully saturated rings. The summed E-state index contributed by atoms with van der Waals surface area (Å²) in [5.41, 5.74) is 1.81. The summed E-state index contributed by atoms with van der Waals surface area (Å²) in [5, 5.41) is 3.56. The minimum absolute atomic E-state index is 0.0833. The molecule has 3 rings (SSSR count). The lowest BCUT2D eigenvalue weighted by atomic mass is 10.1. The van der Waals surface area contributed by atoms with Gasteiger partial charge in [-0.2, -0.15) is 0 Å². The number of halogens is 1. The lowest BCUT2D eigenvalue weighted by Gasteiger charge is -2.31. The van der Waals surface area contributed by atoms with E-state index in [4.69, 9.17) is 21.1 Å². The third-order valence-electron chi connectivity index (χ3n) is 5.58. The Kier molecular flexibility index (Phi) is 8.80. The molecule has 0 aromatic heterocycles. The summed E-state index contributed by atoms with van der Waals surface area (Å²) in [6.07, 6.45) is 3.25. The van der Waals surface area contributed by atoms with Crippen LogP contribution in [0.2, 0.25) is 5.02 Å². The molecule has 2 aromatic rings. The van der Waals surface area contributed by atoms with E-state index in [1.165, 1.54) is 0 Å². The quantitative estimate of drug-likeness (QED) is 0.494. The van der Waals surface area contributed by atoms with Gasteiger partial charge < -0.3 is 19.7 Å². The maximum atomic E-state index is 13.3. The predicted molar refractivity (Wildman–Crippen MR) is 125 cm³/mol. The van der Waals surface area contributed by atoms with Crippen molar-refractivity contribution < 1.29 is 19.1 Å². The predicted octanol–water partition coefficient (Wildman–Crippen LogP) is 4.73. The lowest BCUT2D eigenvalue weighted by Crippen LogP contribution is -2.49. The number of hydrogen-bond donors (Lipinski definition) is 1. The molecule has 1 heterocycles. The molecule has 0 saturated carbocycles. The summed E-state index contributed by atoms with van der Waals surface area (Å²) in [5.74, 6) is 1.21. The number of nitrogens with one attached hydrogen (secondary N) is 1. The third kappa shape index (κ3) is 6.16. The van der Waals surface area contributed by atoms with E-state index in [-0.39, 0.29) is 25.0 Å². The molecule has 2 aromatic carbocycles. The van der Waals surface area contributed by atoms with Gasteiger partial charge in [-0.3, -0.25) is 9.59 Å². The highest BCUT2D eigenvalue weighted by Crippen LogP contribution is 2.33. The van der Waals surface area contributed by atoms with Gasteiger partial charge in [0.15, 0.2) is 11.5 Å². The maximum absolute atomic E-state index is 13.3. The van der Waals surface area contributed by atoms with Gasteiger partial charge in [-0.1, -0.05) is 56.1 Å². The second-order valence-corrected chi connectivity index (χ2v) is 8.28. The smallest absolute Gasteiger partial charge is 0.242 e. The molecule has 1 aliphatic rings. The van der Waals surface area contributed by atoms with Crippen molar-refractivity contribution in [3.8, 4) is 11.5 Å². The molecule has 0 saturated heterocycles. The summed E-state index contributed by atoms with van der Waals surface area (Å²) in [6, 6.07) is 12.6. The third-order valence-corrected chi connectivity index (χ3v) is 5.95. The van der Waals surface area contributed by atoms with Gasteiger partial charge in [0.2, 0.25) is 18.6 Å². The molecule has 0 aliphatic carbocycles. The van der Waals surface area contributed by atoms with Crippen LogP contribution in [0.1, 0.15) is 50.7 Å². The topological polar surface area (TPSA) is 67.9 Å². The number of benzene rings is 2. The molecular formula is C25H31ClN2O4. The van der Waals surface area contributed by atoms with Crippen LogP contribution >= 0.6 is 11.6 Å². The molecule has 6 nitrogen and oxygen atoms in total. The number of aryl methyl sites for hydroxylation is 1. The number of nitrogens with zero attached hydrogens (tertiary/aromatic N) is 1. The van der Waals surface area contributed by atoms with Crippen LogP contribution < -0.4 is 14.8 Å². The minimum atomic E-state index is -0.549. The van der Waals surface area contributed by atoms with Crippen molar-refractivity contribution in [2.45, 2.75) is 58.5 Å². The van der Waals surface area contributed by atoms with Crippen molar-refractivity contribution in [1.82, 2.24) is 10.2 Å². The monoisotopic (exact) mass is 458 g/mol. The van der Waals surface area contributed by atoms with Crippen molar-refractivity contribution >= 4 is 23.4 Å². The van der Waals surface area contributed by atoms with Crippen molar-refractivity contribution in [2.24, 2.45) is 0 Å². The van der Waals surface area contributed by atoms with Crippen LogP contribution in [0.15, 0.2) is 42.5 Å². The Morgan fingerprint density at radius 1 is 1.12 bits per heavy atom. The zero-order valence-corrected chi connectivity index (χ0v) is 19.5. The van der Waals surface area contributed by atoms with Crippen LogP contribution in [0, 0.1) is 0 Å². The highest BCUT2D eigenvalue weighted by Gasteiger charge is 2.28. The van der Waals surface area contributed by atoms with E-state index in [1.807, 2.05) is 43.3 Å². The molecule has 0 bridgehead atoms. The molecule has 2 amide bonds. The molecule has 0 radical (unpaired) electrons. The van der Waals surface area contributed by atoms with E-state index in [0.717, 1.165) is 29.7 Å². The van der Waals surface area contributed by atoms with Gasteiger partial charge in [-0.25, -0.2) is 0 Å². The van der Waals surface area contributed by atoms with Crippen LogP contribution in [0.5, 0.6) is 11.5 Å². The Bertz CT molecular complexity index is 934. The minimum Gasteiger partial charge on any atom is -0.454 e. The van der Waals surface area contributed by atoms with Crippen molar-refractivity contribution in [1.29, 1.82) is 0 Å². The van der Waals surface area contributed by atoms with E-state index in [0.29, 0.717) is 36.7 Å². The van der Waals surface area contributed by atoms with Crippen molar-refractivity contribution in [2.75, 3.05) is 13.3 Å². The number of carbonyl (C=O) groups excluding carboxylic acids is 2. The molecule has 32 heavy (non-hydrogen) atoms. The van der Waals surface area contributed by atoms with Gasteiger partial charge >= 0.3 is 0 Å². The molecule has 0 spiro atoms. The Labute approximate surface area is 194 Å². The zero-order valence-electron chi connectivity index (χ0n) is 18.7. The van der Waals surface area contributed by atoms with Crippen molar-refractivity contribution in [3.05, 3.63) is 58.6 Å². The standard InChI is InChI=1S/C25H31ClN2O4/c1-3-5-14-27-25(30)21(4-2)28(16-19-8-6-7-9-20(19)26)24(29)13-11-18-10-12-22-23(15-18)32-17-31-22/h6-10,12,15,21H,3-5,11,13-14,16-17H2,1-2H3,(H,27,30)/t21-/m0/s1. The van der Waals surface area contributed by atoms with E-state index in [2.05, 4.69) is 12.2 Å². The Balaban J connectivity index is 1.74. The van der Waals surface area contributed by atoms with Gasteiger partial charge in [-0.15, -0.1) is 0 Å². The van der Waals surface area contributed by atoms with Gasteiger partial charge in [0.1, 0.15) is 6.04 Å². The number of carbonyl (C=O) groups is 2. The first kappa shape index (κ1) is 23.9. The van der Waals surface area contributed by atoms with Crippen LogP contribution in [-0.2, 0) is 22.6 Å². The van der Waals surface area contributed by atoms with Crippen LogP contribution in [0.25, 0.3) is 0 Å². The van der Waals surface area contributed by atoms with E-state index in [1.54, 1.807) is 11.0 Å². The number of fused-ring (bicyclic) bond motifs is 1. The first-order valence-corrected chi connectivity index (χ1v) is 11.6. The number of unbranched alkanes of at least 4 members (excludes halogenated alkanes) is 1. The number of hydrogen-bond acceptors (Lipinski definition) is 4. The maximum Gasteiger partial charge on any atom is 0.242 e. The highest BCUT2D eigenvalue weighted by molar-refractivity contribution is 6.31. The molecule has 1 atom stereocenters. The summed E-state index contributed by atoms with van der Waals surface area (Å²) in [6.45, 7) is 5.12. The van der Waals surface area contributed by atoms with Crippen LogP contribution in [0.4, 0.5) is 0 Å². The molecule has 1 aliphatic heterocycles. The first-order valence-electron chi connectivity index (χ1n) is 11.2. The second-order valence-electron chi connectivity index (χ2n) is 7.87. The average molecular weight is 459 g/mol. The number of ether oxygens (including phenoxy) is 2. The largest absolute Gasteiger partial charge is 0.454 e. The Morgan fingerprint density at radius 3 is 2.66 bits per heavy atom. The Morgan fingerprint density at radius 2 is 1.91 bits per heavy atom. The number of rotatable bonds is 11. The summed E-state index contributed by atoms with van der Waals surface area (Å²) in [7, 11) is 0. The summed E-state index contributed by atoms with van der Waals surface area (Å²) >= 11 is 6.37. The van der Waals surface area contributed by atoms with E-state index < -0.39 is 6.04 Å². The highest BCUT2D eigenvalue weighted by atomic mass is 35.5. The zero-order chi connectivity index (χ0) is 22.9. The molecular weight excluding hydrogens is 428 g/mol. The van der Waals surface area contributed by atoms with Gasteiger partial charge in [-0.05, 0) is 48.6 Å².